The number of hydrogen-bond donors (Lipinski definition) is 2. The van der Waals surface area contributed by atoms with Gasteiger partial charge in [0.1, 0.15) is 17.3 Å². The van der Waals surface area contributed by atoms with Crippen LogP contribution in [0.1, 0.15) is 50.0 Å². The Bertz CT molecular complexity index is 2610. The number of benzene rings is 3. The fourth-order valence-electron chi connectivity index (χ4n) is 9.20. The predicted octanol–water partition coefficient (Wildman–Crippen LogP) is 6.98. The van der Waals surface area contributed by atoms with Crippen LogP contribution in [0, 0.1) is 23.4 Å². The average molecular weight is 902 g/mol. The molecule has 2 aromatic heterocycles. The summed E-state index contributed by atoms with van der Waals surface area (Å²) in [5, 5.41) is 7.26. The van der Waals surface area contributed by atoms with Crippen molar-refractivity contribution in [2.75, 3.05) is 73.4 Å². The minimum absolute atomic E-state index is 0.0141. The minimum atomic E-state index is -3.98. The Morgan fingerprint density at radius 2 is 1.48 bits per heavy atom. The smallest absolute Gasteiger partial charge is 0.301 e. The van der Waals surface area contributed by atoms with Crippen LogP contribution in [0.25, 0.3) is 28.1 Å². The van der Waals surface area contributed by atoms with Gasteiger partial charge in [-0.05, 0) is 92.6 Å². The number of piperazine rings is 1. The topological polar surface area (TPSA) is 136 Å². The molecule has 0 saturated carbocycles. The van der Waals surface area contributed by atoms with Crippen molar-refractivity contribution in [2.45, 2.75) is 44.4 Å². The third kappa shape index (κ3) is 9.14. The van der Waals surface area contributed by atoms with Crippen LogP contribution in [0.15, 0.2) is 79.3 Å². The SMILES string of the molecule is O=C1CC[C@H](c2cc(F)c(N3CCC(CN4CCN(c5ccc(-n6cc(-c7cc(Cl)cc(NS(=O)(=O)N8CCCC8)c7F)c(-c7ccncc7)n6)cc5)CC4)CC3)cc2F)C(=O)N1. The summed E-state index contributed by atoms with van der Waals surface area (Å²) in [5.41, 5.74) is 3.44. The molecule has 0 bridgehead atoms. The number of anilines is 3. The zero-order chi connectivity index (χ0) is 43.8. The van der Waals surface area contributed by atoms with Crippen LogP contribution in [0.5, 0.6) is 0 Å². The Morgan fingerprint density at radius 3 is 2.17 bits per heavy atom. The number of carbonyl (C=O) groups is 2. The lowest BCUT2D eigenvalue weighted by Crippen LogP contribution is -2.49. The van der Waals surface area contributed by atoms with Crippen molar-refractivity contribution in [3.05, 3.63) is 107 Å². The van der Waals surface area contributed by atoms with E-state index in [0.717, 1.165) is 75.8 Å². The number of piperidine rings is 2. The number of aromatic nitrogens is 3. The fraction of sp³-hybridized carbons (Fsp3) is 0.378. The average Bonchev–Trinajstić information content (AvgIpc) is 4.00. The van der Waals surface area contributed by atoms with Gasteiger partial charge in [-0.1, -0.05) is 11.6 Å². The van der Waals surface area contributed by atoms with Gasteiger partial charge in [0.15, 0.2) is 5.82 Å². The molecule has 330 valence electrons. The van der Waals surface area contributed by atoms with Gasteiger partial charge in [0, 0.05) is 123 Å². The Labute approximate surface area is 369 Å². The quantitative estimate of drug-likeness (QED) is 0.135. The second kappa shape index (κ2) is 17.9. The van der Waals surface area contributed by atoms with E-state index < -0.39 is 45.4 Å². The summed E-state index contributed by atoms with van der Waals surface area (Å²) in [6.07, 6.45) is 8.39. The van der Waals surface area contributed by atoms with Crippen LogP contribution >= 0.6 is 11.6 Å². The Morgan fingerprint density at radius 1 is 0.778 bits per heavy atom. The summed E-state index contributed by atoms with van der Waals surface area (Å²) >= 11 is 6.50. The number of hydrogen-bond acceptors (Lipinski definition) is 9. The lowest BCUT2D eigenvalue weighted by molar-refractivity contribution is -0.134. The molecule has 0 radical (unpaired) electrons. The van der Waals surface area contributed by atoms with E-state index in [0.29, 0.717) is 48.9 Å². The first-order valence-corrected chi connectivity index (χ1v) is 23.1. The summed E-state index contributed by atoms with van der Waals surface area (Å²) < 4.78 is 78.5. The maximum absolute atomic E-state index is 16.4. The second-order valence-corrected chi connectivity index (χ2v) is 18.8. The van der Waals surface area contributed by atoms with Crippen LogP contribution in [0.4, 0.5) is 30.2 Å². The molecule has 1 atom stereocenters. The van der Waals surface area contributed by atoms with Crippen LogP contribution in [0.3, 0.4) is 0 Å². The van der Waals surface area contributed by atoms with E-state index in [1.165, 1.54) is 22.5 Å². The molecule has 0 spiro atoms. The van der Waals surface area contributed by atoms with Crippen molar-refractivity contribution in [3.8, 4) is 28.1 Å². The molecule has 2 amide bonds. The Hall–Kier alpha value is -5.49. The molecule has 2 N–H and O–H groups in total. The van der Waals surface area contributed by atoms with E-state index in [-0.39, 0.29) is 40.4 Å². The highest BCUT2D eigenvalue weighted by atomic mass is 35.5. The molecule has 6 heterocycles. The normalized spacial score (nSPS) is 19.5. The molecular formula is C45H47ClF3N9O4S. The largest absolute Gasteiger partial charge is 0.369 e. The van der Waals surface area contributed by atoms with Gasteiger partial charge < -0.3 is 9.80 Å². The standard InChI is InChI=1S/C45H47ClF3N9O4S/c46-31-23-36(43(49)40(24-31)53-63(61,62)57-15-1-2-16-57)37-28-58(52-44(37)30-9-13-50-14-10-30)33-5-3-32(4-6-33)55-21-19-54(20-22-55)27-29-11-17-56(18-12-29)41-26-38(47)35(25-39(41)48)34-7-8-42(59)51-45(34)60/h3-6,9-10,13-14,23-26,28-29,34,53H,1-2,7-8,11-12,15-22,27H2,(H,51,59,60)/t34-/m1/s1. The molecule has 63 heavy (non-hydrogen) atoms. The molecular weight excluding hydrogens is 855 g/mol. The Balaban J connectivity index is 0.830. The van der Waals surface area contributed by atoms with Gasteiger partial charge in [-0.15, -0.1) is 0 Å². The molecule has 9 rings (SSSR count). The minimum Gasteiger partial charge on any atom is -0.369 e. The van der Waals surface area contributed by atoms with Crippen molar-refractivity contribution in [2.24, 2.45) is 5.92 Å². The maximum atomic E-state index is 16.4. The molecule has 4 saturated heterocycles. The van der Waals surface area contributed by atoms with E-state index in [1.807, 2.05) is 29.2 Å². The summed E-state index contributed by atoms with van der Waals surface area (Å²) in [7, 11) is -3.98. The number of rotatable bonds is 11. The van der Waals surface area contributed by atoms with Crippen LogP contribution < -0.4 is 19.8 Å². The monoisotopic (exact) mass is 901 g/mol. The molecule has 18 heteroatoms. The van der Waals surface area contributed by atoms with Gasteiger partial charge >= 0.3 is 10.2 Å². The number of amides is 2. The molecule has 13 nitrogen and oxygen atoms in total. The lowest BCUT2D eigenvalue weighted by atomic mass is 9.89. The third-order valence-electron chi connectivity index (χ3n) is 12.6. The molecule has 0 unspecified atom stereocenters. The van der Waals surface area contributed by atoms with Gasteiger partial charge in [0.05, 0.1) is 23.0 Å². The highest BCUT2D eigenvalue weighted by Crippen LogP contribution is 2.39. The zero-order valence-electron chi connectivity index (χ0n) is 34.5. The number of carbonyl (C=O) groups excluding carboxylic acids is 2. The van der Waals surface area contributed by atoms with Crippen molar-refractivity contribution in [1.29, 1.82) is 0 Å². The number of imide groups is 1. The van der Waals surface area contributed by atoms with Crippen LogP contribution in [-0.4, -0.2) is 103 Å². The first-order chi connectivity index (χ1) is 30.4. The van der Waals surface area contributed by atoms with E-state index >= 15 is 13.2 Å². The number of pyridine rings is 1. The van der Waals surface area contributed by atoms with E-state index in [1.54, 1.807) is 35.4 Å². The van der Waals surface area contributed by atoms with Crippen molar-refractivity contribution in [1.82, 2.24) is 29.3 Å². The van der Waals surface area contributed by atoms with E-state index in [4.69, 9.17) is 16.7 Å². The lowest BCUT2D eigenvalue weighted by Gasteiger charge is -2.40. The van der Waals surface area contributed by atoms with Crippen molar-refractivity contribution in [3.63, 3.8) is 0 Å². The summed E-state index contributed by atoms with van der Waals surface area (Å²) in [5.74, 6) is -3.42. The predicted molar refractivity (Wildman–Crippen MR) is 236 cm³/mol. The van der Waals surface area contributed by atoms with Gasteiger partial charge in [-0.2, -0.15) is 17.8 Å². The number of nitrogens with zero attached hydrogens (tertiary/aromatic N) is 7. The highest BCUT2D eigenvalue weighted by molar-refractivity contribution is 7.90. The summed E-state index contributed by atoms with van der Waals surface area (Å²) in [4.78, 5) is 34.6. The van der Waals surface area contributed by atoms with Gasteiger partial charge in [-0.25, -0.2) is 17.9 Å². The molecule has 3 aromatic carbocycles. The third-order valence-corrected chi connectivity index (χ3v) is 14.4. The molecule has 4 aliphatic heterocycles. The first-order valence-electron chi connectivity index (χ1n) is 21.3. The first kappa shape index (κ1) is 42.8. The Kier molecular flexibility index (Phi) is 12.2. The zero-order valence-corrected chi connectivity index (χ0v) is 36.0. The number of halogens is 4. The van der Waals surface area contributed by atoms with Gasteiger partial charge in [-0.3, -0.25) is 29.5 Å². The molecule has 5 aromatic rings. The molecule has 4 fully saturated rings. The van der Waals surface area contributed by atoms with Crippen LogP contribution in [-0.2, 0) is 19.8 Å². The van der Waals surface area contributed by atoms with Crippen LogP contribution in [0.2, 0.25) is 5.02 Å². The summed E-state index contributed by atoms with van der Waals surface area (Å²) in [6.45, 7) is 6.27. The van der Waals surface area contributed by atoms with E-state index in [2.05, 4.69) is 24.8 Å². The fourth-order valence-corrected chi connectivity index (χ4v) is 10.7. The second-order valence-electron chi connectivity index (χ2n) is 16.7. The maximum Gasteiger partial charge on any atom is 0.301 e. The van der Waals surface area contributed by atoms with Gasteiger partial charge in [0.25, 0.3) is 0 Å². The number of nitrogens with one attached hydrogen (secondary N) is 2. The highest BCUT2D eigenvalue weighted by Gasteiger charge is 2.33. The molecule has 0 aliphatic carbocycles. The molecule has 4 aliphatic rings. The summed E-state index contributed by atoms with van der Waals surface area (Å²) in [6, 6.07) is 16.6. The van der Waals surface area contributed by atoms with Crippen molar-refractivity contribution >= 4 is 50.7 Å². The van der Waals surface area contributed by atoms with Gasteiger partial charge in [0.2, 0.25) is 11.8 Å². The van der Waals surface area contributed by atoms with E-state index in [9.17, 15) is 18.0 Å². The van der Waals surface area contributed by atoms with Crippen molar-refractivity contribution < 1.29 is 31.2 Å².